The zero-order chi connectivity index (χ0) is 12.6. The van der Waals surface area contributed by atoms with Gasteiger partial charge in [0.05, 0.1) is 37.6 Å². The van der Waals surface area contributed by atoms with Gasteiger partial charge in [-0.3, -0.25) is 0 Å². The van der Waals surface area contributed by atoms with Crippen molar-refractivity contribution in [3.63, 3.8) is 0 Å². The highest BCUT2D eigenvalue weighted by atomic mass is 16.6. The molecule has 0 aromatic heterocycles. The summed E-state index contributed by atoms with van der Waals surface area (Å²) in [7, 11) is 1.70. The summed E-state index contributed by atoms with van der Waals surface area (Å²) in [5, 5.41) is 9.06. The Hall–Kier alpha value is -0.160. The molecule has 0 aliphatic carbocycles. The van der Waals surface area contributed by atoms with Gasteiger partial charge in [0.15, 0.2) is 0 Å². The summed E-state index contributed by atoms with van der Waals surface area (Å²) < 4.78 is 16.3. The van der Waals surface area contributed by atoms with Gasteiger partial charge in [-0.05, 0) is 27.2 Å². The number of hydrogen-bond donors (Lipinski definition) is 1. The Morgan fingerprint density at radius 3 is 2.12 bits per heavy atom. The van der Waals surface area contributed by atoms with Gasteiger partial charge in [0.1, 0.15) is 0 Å². The molecule has 0 bridgehead atoms. The van der Waals surface area contributed by atoms with Crippen LogP contribution in [-0.2, 0) is 14.2 Å². The molecule has 0 aromatic rings. The fourth-order valence-electron chi connectivity index (χ4n) is 1.44. The van der Waals surface area contributed by atoms with Gasteiger partial charge >= 0.3 is 0 Å². The fraction of sp³-hybridized carbons (Fsp3) is 1.00. The van der Waals surface area contributed by atoms with E-state index in [9.17, 15) is 0 Å². The Morgan fingerprint density at radius 1 is 1.06 bits per heavy atom. The minimum atomic E-state index is -0.428. The number of rotatable bonds is 9. The number of aliphatic hydroxyl groups excluding tert-OH is 1. The quantitative estimate of drug-likeness (QED) is 0.658. The van der Waals surface area contributed by atoms with E-state index in [4.69, 9.17) is 19.3 Å². The van der Waals surface area contributed by atoms with Gasteiger partial charge in [-0.25, -0.2) is 0 Å². The lowest BCUT2D eigenvalue weighted by Crippen LogP contribution is -2.31. The van der Waals surface area contributed by atoms with Crippen molar-refractivity contribution >= 4 is 0 Å². The van der Waals surface area contributed by atoms with E-state index in [-0.39, 0.29) is 18.3 Å². The van der Waals surface area contributed by atoms with Crippen molar-refractivity contribution in [2.45, 2.75) is 58.5 Å². The molecule has 4 atom stereocenters. The van der Waals surface area contributed by atoms with Crippen LogP contribution in [0.25, 0.3) is 0 Å². The topological polar surface area (TPSA) is 47.9 Å². The van der Waals surface area contributed by atoms with E-state index in [1.807, 2.05) is 13.8 Å². The molecule has 1 N–H and O–H groups in total. The second-order valence-corrected chi connectivity index (χ2v) is 4.21. The van der Waals surface area contributed by atoms with E-state index in [1.165, 1.54) is 0 Å². The third-order valence-electron chi connectivity index (χ3n) is 2.44. The maximum Gasteiger partial charge on any atom is 0.0827 e. The number of hydrogen-bond acceptors (Lipinski definition) is 4. The van der Waals surface area contributed by atoms with Crippen molar-refractivity contribution in [3.8, 4) is 0 Å². The van der Waals surface area contributed by atoms with Crippen molar-refractivity contribution < 1.29 is 19.3 Å². The predicted molar refractivity (Wildman–Crippen MR) is 63.6 cm³/mol. The molecule has 0 aliphatic rings. The van der Waals surface area contributed by atoms with Gasteiger partial charge in [-0.15, -0.1) is 0 Å². The summed E-state index contributed by atoms with van der Waals surface area (Å²) in [6, 6.07) is 0. The van der Waals surface area contributed by atoms with Crippen LogP contribution in [0.4, 0.5) is 0 Å². The Kier molecular flexibility index (Phi) is 8.84. The third-order valence-corrected chi connectivity index (χ3v) is 2.44. The molecule has 0 spiro atoms. The summed E-state index contributed by atoms with van der Waals surface area (Å²) in [5.74, 6) is 0. The van der Waals surface area contributed by atoms with Gasteiger partial charge in [0.25, 0.3) is 0 Å². The zero-order valence-corrected chi connectivity index (χ0v) is 11.1. The maximum atomic E-state index is 9.06. The first-order chi connectivity index (χ1) is 7.51. The van der Waals surface area contributed by atoms with Crippen molar-refractivity contribution in [1.82, 2.24) is 0 Å². The molecule has 0 rings (SSSR count). The van der Waals surface area contributed by atoms with Gasteiger partial charge < -0.3 is 19.3 Å². The molecule has 0 saturated carbocycles. The molecular formula is C12H26O4. The van der Waals surface area contributed by atoms with Crippen LogP contribution in [0.15, 0.2) is 0 Å². The molecule has 98 valence electrons. The monoisotopic (exact) mass is 234 g/mol. The molecule has 4 heteroatoms. The first kappa shape index (κ1) is 15.8. The van der Waals surface area contributed by atoms with Crippen LogP contribution < -0.4 is 0 Å². The number of methoxy groups -OCH3 is 1. The standard InChI is InChI=1S/C12H26O4/c1-6-12(14-5)11(4)16-8-10(3)15-7-9(2)13/h9-13H,6-8H2,1-5H3. The van der Waals surface area contributed by atoms with Gasteiger partial charge in [-0.2, -0.15) is 0 Å². The minimum absolute atomic E-state index is 0.00795. The second kappa shape index (κ2) is 8.93. The normalized spacial score (nSPS) is 19.1. The van der Waals surface area contributed by atoms with Crippen LogP contribution in [0.2, 0.25) is 0 Å². The van der Waals surface area contributed by atoms with Gasteiger partial charge in [0, 0.05) is 7.11 Å². The molecular weight excluding hydrogens is 208 g/mol. The molecule has 0 fully saturated rings. The lowest BCUT2D eigenvalue weighted by molar-refractivity contribution is -0.0902. The lowest BCUT2D eigenvalue weighted by atomic mass is 10.2. The minimum Gasteiger partial charge on any atom is -0.391 e. The smallest absolute Gasteiger partial charge is 0.0827 e. The summed E-state index contributed by atoms with van der Waals surface area (Å²) in [5.41, 5.74) is 0. The van der Waals surface area contributed by atoms with Crippen LogP contribution in [0, 0.1) is 0 Å². The summed E-state index contributed by atoms with van der Waals surface area (Å²) in [6.07, 6.45) is 0.686. The highest BCUT2D eigenvalue weighted by molar-refractivity contribution is 4.64. The second-order valence-electron chi connectivity index (χ2n) is 4.21. The summed E-state index contributed by atoms with van der Waals surface area (Å²) >= 11 is 0. The third kappa shape index (κ3) is 7.17. The van der Waals surface area contributed by atoms with Crippen molar-refractivity contribution in [1.29, 1.82) is 0 Å². The first-order valence-corrected chi connectivity index (χ1v) is 5.95. The zero-order valence-electron chi connectivity index (χ0n) is 11.1. The average Bonchev–Trinajstić information content (AvgIpc) is 2.25. The Bertz CT molecular complexity index is 157. The molecule has 0 heterocycles. The van der Waals surface area contributed by atoms with Crippen LogP contribution >= 0.6 is 0 Å². The first-order valence-electron chi connectivity index (χ1n) is 5.95. The highest BCUT2D eigenvalue weighted by Crippen LogP contribution is 2.08. The largest absolute Gasteiger partial charge is 0.391 e. The Balaban J connectivity index is 3.69. The molecule has 0 saturated heterocycles. The van der Waals surface area contributed by atoms with Crippen LogP contribution in [-0.4, -0.2) is 49.8 Å². The molecule has 4 unspecified atom stereocenters. The lowest BCUT2D eigenvalue weighted by Gasteiger charge is -2.23. The summed E-state index contributed by atoms with van der Waals surface area (Å²) in [6.45, 7) is 8.58. The van der Waals surface area contributed by atoms with E-state index in [1.54, 1.807) is 14.0 Å². The number of aliphatic hydroxyl groups is 1. The van der Waals surface area contributed by atoms with Gasteiger partial charge in [-0.1, -0.05) is 6.92 Å². The molecule has 0 amide bonds. The van der Waals surface area contributed by atoms with E-state index in [0.717, 1.165) is 6.42 Å². The molecule has 16 heavy (non-hydrogen) atoms. The van der Waals surface area contributed by atoms with E-state index >= 15 is 0 Å². The molecule has 0 aromatic carbocycles. The van der Waals surface area contributed by atoms with E-state index in [0.29, 0.717) is 13.2 Å². The van der Waals surface area contributed by atoms with Crippen LogP contribution in [0.1, 0.15) is 34.1 Å². The molecule has 0 aliphatic heterocycles. The van der Waals surface area contributed by atoms with Gasteiger partial charge in [0.2, 0.25) is 0 Å². The maximum absolute atomic E-state index is 9.06. The molecule has 0 radical (unpaired) electrons. The summed E-state index contributed by atoms with van der Waals surface area (Å²) in [4.78, 5) is 0. The van der Waals surface area contributed by atoms with Crippen LogP contribution in [0.5, 0.6) is 0 Å². The van der Waals surface area contributed by atoms with E-state index in [2.05, 4.69) is 6.92 Å². The van der Waals surface area contributed by atoms with E-state index < -0.39 is 6.10 Å². The van der Waals surface area contributed by atoms with Crippen molar-refractivity contribution in [3.05, 3.63) is 0 Å². The van der Waals surface area contributed by atoms with Crippen molar-refractivity contribution in [2.75, 3.05) is 20.3 Å². The fourth-order valence-corrected chi connectivity index (χ4v) is 1.44. The Morgan fingerprint density at radius 2 is 1.69 bits per heavy atom. The van der Waals surface area contributed by atoms with Crippen molar-refractivity contribution in [2.24, 2.45) is 0 Å². The van der Waals surface area contributed by atoms with Crippen LogP contribution in [0.3, 0.4) is 0 Å². The average molecular weight is 234 g/mol. The predicted octanol–water partition coefficient (Wildman–Crippen LogP) is 1.60. The number of ether oxygens (including phenoxy) is 3. The Labute approximate surface area is 98.9 Å². The highest BCUT2D eigenvalue weighted by Gasteiger charge is 2.16. The molecule has 4 nitrogen and oxygen atoms in total. The SMILES string of the molecule is CCC(OC)C(C)OCC(C)OCC(C)O.